The largest absolute Gasteiger partial charge is 0.389 e. The predicted octanol–water partition coefficient (Wildman–Crippen LogP) is 2.43. The van der Waals surface area contributed by atoms with Crippen LogP contribution in [-0.2, 0) is 0 Å². The van der Waals surface area contributed by atoms with E-state index in [2.05, 4.69) is 10.3 Å². The molecule has 3 N–H and O–H groups in total. The number of nitrogen functional groups attached to an aromatic ring is 1. The molecule has 17 heavy (non-hydrogen) atoms. The zero-order valence-electron chi connectivity index (χ0n) is 9.03. The normalized spacial score (nSPS) is 10.2. The van der Waals surface area contributed by atoms with Crippen molar-refractivity contribution in [2.24, 2.45) is 0 Å². The van der Waals surface area contributed by atoms with Crippen LogP contribution in [0, 0.1) is 12.7 Å². The van der Waals surface area contributed by atoms with Gasteiger partial charge >= 0.3 is 0 Å². The summed E-state index contributed by atoms with van der Waals surface area (Å²) in [7, 11) is 0. The van der Waals surface area contributed by atoms with E-state index in [1.54, 1.807) is 13.0 Å². The molecule has 0 saturated carbocycles. The lowest BCUT2D eigenvalue weighted by Gasteiger charge is -2.02. The van der Waals surface area contributed by atoms with Crippen molar-refractivity contribution in [1.82, 2.24) is 4.98 Å². The van der Waals surface area contributed by atoms with Gasteiger partial charge in [0, 0.05) is 0 Å². The number of amides is 1. The molecule has 1 aromatic carbocycles. The van der Waals surface area contributed by atoms with Crippen molar-refractivity contribution in [3.63, 3.8) is 0 Å². The molecule has 0 radical (unpaired) electrons. The van der Waals surface area contributed by atoms with E-state index in [4.69, 9.17) is 5.73 Å². The number of nitrogens with zero attached hydrogens (tertiary/aromatic N) is 1. The lowest BCUT2D eigenvalue weighted by molar-refractivity contribution is 0.102. The molecule has 2 rings (SSSR count). The highest BCUT2D eigenvalue weighted by Gasteiger charge is 2.13. The van der Waals surface area contributed by atoms with Gasteiger partial charge in [-0.2, -0.15) is 0 Å². The van der Waals surface area contributed by atoms with Gasteiger partial charge in [0.25, 0.3) is 5.91 Å². The van der Waals surface area contributed by atoms with Gasteiger partial charge in [0.05, 0.1) is 11.3 Å². The average Bonchev–Trinajstić information content (AvgIpc) is 2.58. The van der Waals surface area contributed by atoms with Crippen molar-refractivity contribution in [3.05, 3.63) is 41.3 Å². The number of hydrogen-bond donors (Lipinski definition) is 2. The van der Waals surface area contributed by atoms with Gasteiger partial charge in [-0.15, -0.1) is 0 Å². The van der Waals surface area contributed by atoms with Gasteiger partial charge in [-0.3, -0.25) is 10.1 Å². The van der Waals surface area contributed by atoms with Crippen LogP contribution < -0.4 is 11.1 Å². The Morgan fingerprint density at radius 2 is 2.18 bits per heavy atom. The van der Waals surface area contributed by atoms with Gasteiger partial charge in [-0.05, 0) is 19.1 Å². The van der Waals surface area contributed by atoms with Crippen LogP contribution in [0.4, 0.5) is 14.5 Å². The highest BCUT2D eigenvalue weighted by atomic mass is 32.1. The molecule has 1 aromatic heterocycles. The van der Waals surface area contributed by atoms with Gasteiger partial charge < -0.3 is 5.73 Å². The molecule has 0 aliphatic heterocycles. The molecule has 0 spiro atoms. The maximum atomic E-state index is 13.3. The first-order valence-corrected chi connectivity index (χ1v) is 5.68. The maximum absolute atomic E-state index is 13.3. The second kappa shape index (κ2) is 4.50. The third-order valence-electron chi connectivity index (χ3n) is 2.17. The van der Waals surface area contributed by atoms with Crippen molar-refractivity contribution in [3.8, 4) is 0 Å². The van der Waals surface area contributed by atoms with Crippen molar-refractivity contribution >= 4 is 27.4 Å². The Morgan fingerprint density at radius 3 is 2.76 bits per heavy atom. The van der Waals surface area contributed by atoms with E-state index in [0.29, 0.717) is 15.8 Å². The van der Waals surface area contributed by atoms with Gasteiger partial charge in [0.15, 0.2) is 5.13 Å². The molecular weight excluding hydrogens is 241 g/mol. The molecule has 88 valence electrons. The molecule has 0 fully saturated rings. The SMILES string of the molecule is Cc1nc(NC(=O)c2ccccc2F)sc1N. The number of halogens is 1. The first-order valence-electron chi connectivity index (χ1n) is 4.86. The third kappa shape index (κ3) is 2.42. The summed E-state index contributed by atoms with van der Waals surface area (Å²) in [6.45, 7) is 1.74. The molecule has 0 unspecified atom stereocenters. The number of benzene rings is 1. The molecule has 0 atom stereocenters. The highest BCUT2D eigenvalue weighted by Crippen LogP contribution is 2.24. The molecule has 1 amide bonds. The van der Waals surface area contributed by atoms with Crippen LogP contribution in [0.1, 0.15) is 16.1 Å². The van der Waals surface area contributed by atoms with Gasteiger partial charge in [0.2, 0.25) is 0 Å². The minimum Gasteiger partial charge on any atom is -0.389 e. The number of anilines is 2. The van der Waals surface area contributed by atoms with E-state index in [1.807, 2.05) is 0 Å². The number of hydrogen-bond acceptors (Lipinski definition) is 4. The van der Waals surface area contributed by atoms with E-state index in [0.717, 1.165) is 11.3 Å². The molecule has 4 nitrogen and oxygen atoms in total. The third-order valence-corrected chi connectivity index (χ3v) is 3.07. The minimum atomic E-state index is -0.564. The Morgan fingerprint density at radius 1 is 1.47 bits per heavy atom. The topological polar surface area (TPSA) is 68.0 Å². The summed E-state index contributed by atoms with van der Waals surface area (Å²) in [5.74, 6) is -1.09. The summed E-state index contributed by atoms with van der Waals surface area (Å²) in [6, 6.07) is 5.77. The first kappa shape index (κ1) is 11.5. The van der Waals surface area contributed by atoms with Crippen LogP contribution in [0.3, 0.4) is 0 Å². The molecule has 0 aliphatic rings. The lowest BCUT2D eigenvalue weighted by Crippen LogP contribution is -2.13. The van der Waals surface area contributed by atoms with E-state index in [9.17, 15) is 9.18 Å². The molecule has 6 heteroatoms. The number of aromatic nitrogens is 1. The van der Waals surface area contributed by atoms with Gasteiger partial charge in [-0.1, -0.05) is 23.5 Å². The van der Waals surface area contributed by atoms with Crippen LogP contribution >= 0.6 is 11.3 Å². The zero-order valence-corrected chi connectivity index (χ0v) is 9.84. The summed E-state index contributed by atoms with van der Waals surface area (Å²) in [5, 5.41) is 3.41. The van der Waals surface area contributed by atoms with E-state index in [1.165, 1.54) is 18.2 Å². The van der Waals surface area contributed by atoms with E-state index >= 15 is 0 Å². The summed E-state index contributed by atoms with van der Waals surface area (Å²) in [5.41, 5.74) is 6.25. The number of thiazole rings is 1. The molecule has 1 heterocycles. The summed E-state index contributed by atoms with van der Waals surface area (Å²) >= 11 is 1.16. The minimum absolute atomic E-state index is 0.0149. The molecular formula is C11H10FN3OS. The fourth-order valence-electron chi connectivity index (χ4n) is 1.27. The second-order valence-corrected chi connectivity index (χ2v) is 4.43. The fraction of sp³-hybridized carbons (Fsp3) is 0.0909. The number of carbonyl (C=O) groups excluding carboxylic acids is 1. The Bertz CT molecular complexity index is 548. The maximum Gasteiger partial charge on any atom is 0.260 e. The van der Waals surface area contributed by atoms with E-state index in [-0.39, 0.29) is 5.56 Å². The van der Waals surface area contributed by atoms with Crippen LogP contribution in [0.2, 0.25) is 0 Å². The number of aryl methyl sites for hydroxylation is 1. The van der Waals surface area contributed by atoms with Crippen LogP contribution in [0.25, 0.3) is 0 Å². The smallest absolute Gasteiger partial charge is 0.260 e. The Balaban J connectivity index is 2.20. The fourth-order valence-corrected chi connectivity index (χ4v) is 2.00. The van der Waals surface area contributed by atoms with Gasteiger partial charge in [0.1, 0.15) is 10.8 Å². The number of nitrogens with two attached hydrogens (primary N) is 1. The molecule has 2 aromatic rings. The lowest BCUT2D eigenvalue weighted by atomic mass is 10.2. The highest BCUT2D eigenvalue weighted by molar-refractivity contribution is 7.19. The van der Waals surface area contributed by atoms with Crippen molar-refractivity contribution < 1.29 is 9.18 Å². The van der Waals surface area contributed by atoms with Crippen LogP contribution in [0.15, 0.2) is 24.3 Å². The molecule has 0 bridgehead atoms. The number of nitrogens with one attached hydrogen (secondary N) is 1. The summed E-state index contributed by atoms with van der Waals surface area (Å²) in [6.07, 6.45) is 0. The van der Waals surface area contributed by atoms with Crippen molar-refractivity contribution in [2.75, 3.05) is 11.1 Å². The summed E-state index contributed by atoms with van der Waals surface area (Å²) < 4.78 is 13.3. The zero-order chi connectivity index (χ0) is 12.4. The standard InChI is InChI=1S/C11H10FN3OS/c1-6-9(13)17-11(14-6)15-10(16)7-4-2-3-5-8(7)12/h2-5H,13H2,1H3,(H,14,15,16). The monoisotopic (exact) mass is 251 g/mol. The summed E-state index contributed by atoms with van der Waals surface area (Å²) in [4.78, 5) is 15.8. The van der Waals surface area contributed by atoms with E-state index < -0.39 is 11.7 Å². The Labute approximate surface area is 101 Å². The van der Waals surface area contributed by atoms with Crippen molar-refractivity contribution in [2.45, 2.75) is 6.92 Å². The van der Waals surface area contributed by atoms with Gasteiger partial charge in [-0.25, -0.2) is 9.37 Å². The first-order chi connectivity index (χ1) is 8.08. The number of rotatable bonds is 2. The Kier molecular flexibility index (Phi) is 3.06. The predicted molar refractivity (Wildman–Crippen MR) is 65.6 cm³/mol. The second-order valence-electron chi connectivity index (χ2n) is 3.40. The quantitative estimate of drug-likeness (QED) is 0.861. The van der Waals surface area contributed by atoms with Crippen LogP contribution in [-0.4, -0.2) is 10.9 Å². The number of carbonyl (C=O) groups is 1. The average molecular weight is 251 g/mol. The Hall–Kier alpha value is -1.95. The van der Waals surface area contributed by atoms with Crippen molar-refractivity contribution in [1.29, 1.82) is 0 Å². The van der Waals surface area contributed by atoms with Crippen LogP contribution in [0.5, 0.6) is 0 Å². The molecule has 0 aliphatic carbocycles. The molecule has 0 saturated heterocycles.